The van der Waals surface area contributed by atoms with Gasteiger partial charge in [0.05, 0.1) is 10.8 Å². The fraction of sp³-hybridized carbons (Fsp3) is 0.265. The fourth-order valence-electron chi connectivity index (χ4n) is 6.19. The molecule has 3 atom stereocenters. The Bertz CT molecular complexity index is 1600. The molecule has 0 bridgehead atoms. The average Bonchev–Trinajstić information content (AvgIpc) is 2.91. The van der Waals surface area contributed by atoms with Gasteiger partial charge in [-0.05, 0) is 103 Å². The predicted octanol–water partition coefficient (Wildman–Crippen LogP) is 7.90. The number of carboxylic acids is 1. The molecule has 4 aromatic carbocycles. The van der Waals surface area contributed by atoms with Crippen molar-refractivity contribution in [2.24, 2.45) is 0 Å². The van der Waals surface area contributed by atoms with Crippen LogP contribution in [0.5, 0.6) is 0 Å². The molecule has 0 saturated carbocycles. The number of halogens is 2. The van der Waals surface area contributed by atoms with Crippen molar-refractivity contribution >= 4 is 13.3 Å². The van der Waals surface area contributed by atoms with E-state index in [-0.39, 0.29) is 0 Å². The van der Waals surface area contributed by atoms with Crippen LogP contribution in [-0.4, -0.2) is 32.8 Å². The molecule has 5 nitrogen and oxygen atoms in total. The minimum Gasteiger partial charge on any atom is -0.479 e. The summed E-state index contributed by atoms with van der Waals surface area (Å²) in [6.45, 7) is 10.3. The van der Waals surface area contributed by atoms with Crippen LogP contribution in [0.1, 0.15) is 47.2 Å². The van der Waals surface area contributed by atoms with Crippen LogP contribution in [0.4, 0.5) is 8.78 Å². The SMILES string of the molecule is Cc1cc(C)c(C(C)(c2c(C)cc(C)cc2-c2ccc(F)cc2)P(=O)(O)C(C)C(O)C(=O)O)c(-c2ccc(F)cc2)c1. The summed E-state index contributed by atoms with van der Waals surface area (Å²) in [7, 11) is -4.74. The predicted molar refractivity (Wildman–Crippen MR) is 162 cm³/mol. The molecule has 0 fully saturated rings. The van der Waals surface area contributed by atoms with Crippen LogP contribution in [0, 0.1) is 39.3 Å². The summed E-state index contributed by atoms with van der Waals surface area (Å²) in [6.07, 6.45) is -2.12. The molecule has 3 N–H and O–H groups in total. The number of benzene rings is 4. The van der Waals surface area contributed by atoms with E-state index in [1.54, 1.807) is 31.2 Å². The van der Waals surface area contributed by atoms with E-state index >= 15 is 4.57 Å². The molecule has 0 saturated heterocycles. The molecule has 8 heteroatoms. The first kappa shape index (κ1) is 31.3. The van der Waals surface area contributed by atoms with Crippen molar-refractivity contribution in [2.45, 2.75) is 58.5 Å². The van der Waals surface area contributed by atoms with E-state index < -0.39 is 41.9 Å². The Balaban J connectivity index is 2.23. The van der Waals surface area contributed by atoms with Gasteiger partial charge in [0.1, 0.15) is 11.6 Å². The van der Waals surface area contributed by atoms with Crippen LogP contribution in [0.3, 0.4) is 0 Å². The second-order valence-electron chi connectivity index (χ2n) is 11.2. The fourth-order valence-corrected chi connectivity index (χ4v) is 8.75. The highest BCUT2D eigenvalue weighted by Crippen LogP contribution is 2.70. The van der Waals surface area contributed by atoms with Crippen LogP contribution < -0.4 is 0 Å². The molecule has 0 aliphatic rings. The van der Waals surface area contributed by atoms with E-state index in [2.05, 4.69) is 0 Å². The highest BCUT2D eigenvalue weighted by Gasteiger charge is 2.55. The van der Waals surface area contributed by atoms with Crippen molar-refractivity contribution < 1.29 is 33.2 Å². The van der Waals surface area contributed by atoms with Crippen LogP contribution in [-0.2, 0) is 14.5 Å². The summed E-state index contributed by atoms with van der Waals surface area (Å²) < 4.78 is 43.0. The van der Waals surface area contributed by atoms with Gasteiger partial charge in [0.25, 0.3) is 0 Å². The zero-order valence-corrected chi connectivity index (χ0v) is 25.3. The van der Waals surface area contributed by atoms with Gasteiger partial charge in [-0.15, -0.1) is 0 Å². The number of aliphatic hydroxyl groups is 1. The van der Waals surface area contributed by atoms with Crippen molar-refractivity contribution in [1.82, 2.24) is 0 Å². The Labute approximate surface area is 245 Å². The van der Waals surface area contributed by atoms with Gasteiger partial charge >= 0.3 is 5.97 Å². The zero-order chi connectivity index (χ0) is 31.1. The van der Waals surface area contributed by atoms with Crippen molar-refractivity contribution in [1.29, 1.82) is 0 Å². The van der Waals surface area contributed by atoms with Gasteiger partial charge in [-0.2, -0.15) is 0 Å². The standard InChI is InChI=1S/C34H35F2O5P/c1-19-15-21(3)30(28(17-19)24-7-11-26(35)12-8-24)34(6,42(40,41)23(5)32(37)33(38)39)31-22(4)16-20(2)18-29(31)25-9-13-27(36)14-10-25/h7-18,23,32,37H,1-6H3,(H,38,39)(H,40,41). The normalized spacial score (nSPS) is 14.7. The first-order valence-corrected chi connectivity index (χ1v) is 15.3. The molecule has 0 heterocycles. The molecule has 0 aromatic heterocycles. The summed E-state index contributed by atoms with van der Waals surface area (Å²) in [5.41, 5.74) is 4.72. The Kier molecular flexibility index (Phi) is 8.62. The molecule has 42 heavy (non-hydrogen) atoms. The topological polar surface area (TPSA) is 94.8 Å². The van der Waals surface area contributed by atoms with E-state index in [0.29, 0.717) is 44.5 Å². The lowest BCUT2D eigenvalue weighted by molar-refractivity contribution is -0.146. The van der Waals surface area contributed by atoms with Gasteiger partial charge in [-0.3, -0.25) is 4.57 Å². The highest BCUT2D eigenvalue weighted by atomic mass is 31.2. The van der Waals surface area contributed by atoms with Crippen molar-refractivity contribution in [3.8, 4) is 22.3 Å². The van der Waals surface area contributed by atoms with Crippen molar-refractivity contribution in [2.75, 3.05) is 0 Å². The van der Waals surface area contributed by atoms with Gasteiger partial charge in [-0.1, -0.05) is 66.6 Å². The number of hydrogen-bond donors (Lipinski definition) is 3. The Morgan fingerprint density at radius 2 is 1.12 bits per heavy atom. The Morgan fingerprint density at radius 3 is 1.45 bits per heavy atom. The molecule has 4 rings (SSSR count). The van der Waals surface area contributed by atoms with Gasteiger partial charge in [0, 0.05) is 0 Å². The minimum absolute atomic E-state index is 0.438. The first-order chi connectivity index (χ1) is 19.6. The number of aliphatic hydroxyl groups excluding tert-OH is 1. The van der Waals surface area contributed by atoms with Crippen LogP contribution in [0.2, 0.25) is 0 Å². The second kappa shape index (κ2) is 11.6. The molecular formula is C34H35F2O5P. The number of aliphatic carboxylic acids is 1. The van der Waals surface area contributed by atoms with Gasteiger partial charge in [0.2, 0.25) is 7.37 Å². The van der Waals surface area contributed by atoms with Crippen LogP contribution >= 0.6 is 7.37 Å². The third kappa shape index (κ3) is 5.45. The van der Waals surface area contributed by atoms with E-state index in [9.17, 15) is 28.7 Å². The minimum atomic E-state index is -4.74. The molecular weight excluding hydrogens is 557 g/mol. The largest absolute Gasteiger partial charge is 0.479 e. The molecule has 0 radical (unpaired) electrons. The number of hydrogen-bond acceptors (Lipinski definition) is 3. The molecule has 3 unspecified atom stereocenters. The lowest BCUT2D eigenvalue weighted by atomic mass is 9.78. The average molecular weight is 593 g/mol. The third-order valence-corrected chi connectivity index (χ3v) is 11.3. The van der Waals surface area contributed by atoms with Gasteiger partial charge < -0.3 is 15.1 Å². The smallest absolute Gasteiger partial charge is 0.333 e. The molecule has 0 amide bonds. The van der Waals surface area contributed by atoms with E-state index in [1.807, 2.05) is 52.0 Å². The number of aryl methyl sites for hydroxylation is 4. The molecule has 0 aliphatic heterocycles. The molecule has 0 aliphatic carbocycles. The summed E-state index contributed by atoms with van der Waals surface area (Å²) in [4.78, 5) is 24.2. The maximum Gasteiger partial charge on any atom is 0.333 e. The summed E-state index contributed by atoms with van der Waals surface area (Å²) in [6, 6.07) is 19.1. The van der Waals surface area contributed by atoms with Gasteiger partial charge in [-0.25, -0.2) is 13.6 Å². The summed E-state index contributed by atoms with van der Waals surface area (Å²) >= 11 is 0. The summed E-state index contributed by atoms with van der Waals surface area (Å²) in [5, 5.41) is 18.5. The molecule has 0 spiro atoms. The highest BCUT2D eigenvalue weighted by molar-refractivity contribution is 7.60. The number of carboxylic acid groups (broad SMARTS) is 1. The first-order valence-electron chi connectivity index (χ1n) is 13.6. The van der Waals surface area contributed by atoms with E-state index in [1.165, 1.54) is 31.2 Å². The van der Waals surface area contributed by atoms with E-state index in [0.717, 1.165) is 11.1 Å². The maximum atomic E-state index is 15.0. The Morgan fingerprint density at radius 1 is 0.762 bits per heavy atom. The number of rotatable bonds is 8. The van der Waals surface area contributed by atoms with Crippen LogP contribution in [0.15, 0.2) is 72.8 Å². The molecule has 4 aromatic rings. The van der Waals surface area contributed by atoms with E-state index in [4.69, 9.17) is 0 Å². The maximum absolute atomic E-state index is 15.0. The summed E-state index contributed by atoms with van der Waals surface area (Å²) in [5.74, 6) is -2.49. The monoisotopic (exact) mass is 592 g/mol. The molecule has 220 valence electrons. The van der Waals surface area contributed by atoms with Crippen LogP contribution in [0.25, 0.3) is 22.3 Å². The lowest BCUT2D eigenvalue weighted by Crippen LogP contribution is -2.39. The third-order valence-electron chi connectivity index (χ3n) is 8.15. The zero-order valence-electron chi connectivity index (χ0n) is 24.4. The van der Waals surface area contributed by atoms with Gasteiger partial charge in [0.15, 0.2) is 6.10 Å². The second-order valence-corrected chi connectivity index (χ2v) is 14.2. The Hall–Kier alpha value is -3.64. The quantitative estimate of drug-likeness (QED) is 0.181. The van der Waals surface area contributed by atoms with Crippen molar-refractivity contribution in [3.05, 3.63) is 118 Å². The lowest BCUT2D eigenvalue weighted by Gasteiger charge is -2.43. The number of carbonyl (C=O) groups is 1. The van der Waals surface area contributed by atoms with Crippen molar-refractivity contribution in [3.63, 3.8) is 0 Å².